The van der Waals surface area contributed by atoms with Gasteiger partial charge in [-0.2, -0.15) is 0 Å². The molecule has 4 nitrogen and oxygen atoms in total. The summed E-state index contributed by atoms with van der Waals surface area (Å²) >= 11 is 5.01. The molecule has 0 amide bonds. The van der Waals surface area contributed by atoms with E-state index in [2.05, 4.69) is 0 Å². The summed E-state index contributed by atoms with van der Waals surface area (Å²) in [5, 5.41) is 0. The quantitative estimate of drug-likeness (QED) is 0.653. The van der Waals surface area contributed by atoms with Gasteiger partial charge in [0.25, 0.3) is 0 Å². The maximum atomic E-state index is 11.8. The van der Waals surface area contributed by atoms with Gasteiger partial charge in [0.1, 0.15) is 6.61 Å². The molecule has 102 valence electrons. The molecule has 2 rings (SSSR count). The highest BCUT2D eigenvalue weighted by atomic mass is 32.1. The van der Waals surface area contributed by atoms with Crippen molar-refractivity contribution in [3.8, 4) is 0 Å². The Balaban J connectivity index is 1.80. The van der Waals surface area contributed by atoms with Crippen LogP contribution in [0.4, 0.5) is 0 Å². The molecule has 0 saturated carbocycles. The van der Waals surface area contributed by atoms with Crippen LogP contribution in [0.2, 0.25) is 0 Å². The second-order valence-electron chi connectivity index (χ2n) is 4.68. The van der Waals surface area contributed by atoms with E-state index in [9.17, 15) is 4.79 Å². The lowest BCUT2D eigenvalue weighted by Crippen LogP contribution is -2.42. The maximum Gasteiger partial charge on any atom is 0.320 e. The zero-order chi connectivity index (χ0) is 13.7. The standard InChI is InChI=1S/C14H18N2O2S/c15-14(19)12-7-4-8-16(12)9-13(17)18-10-11-5-2-1-3-6-11/h1-3,5-6,12H,4,7-10H2,(H2,15,19)/t12-/m0/s1. The topological polar surface area (TPSA) is 55.6 Å². The third kappa shape index (κ3) is 4.01. The number of esters is 1. The minimum absolute atomic E-state index is 0.0410. The van der Waals surface area contributed by atoms with Crippen LogP contribution >= 0.6 is 12.2 Å². The van der Waals surface area contributed by atoms with Gasteiger partial charge in [-0.05, 0) is 24.9 Å². The molecule has 1 saturated heterocycles. The Hall–Kier alpha value is -1.46. The molecule has 0 aliphatic carbocycles. The summed E-state index contributed by atoms with van der Waals surface area (Å²) in [5.74, 6) is -0.230. The lowest BCUT2D eigenvalue weighted by Gasteiger charge is -2.22. The van der Waals surface area contributed by atoms with Crippen molar-refractivity contribution in [3.63, 3.8) is 0 Å². The highest BCUT2D eigenvalue weighted by Crippen LogP contribution is 2.17. The first kappa shape index (κ1) is 14.0. The average molecular weight is 278 g/mol. The van der Waals surface area contributed by atoms with E-state index in [1.807, 2.05) is 35.2 Å². The molecule has 1 atom stereocenters. The molecule has 0 unspecified atom stereocenters. The van der Waals surface area contributed by atoms with E-state index in [0.717, 1.165) is 24.9 Å². The first-order valence-corrected chi connectivity index (χ1v) is 6.80. The van der Waals surface area contributed by atoms with E-state index in [-0.39, 0.29) is 18.6 Å². The van der Waals surface area contributed by atoms with Gasteiger partial charge in [0.15, 0.2) is 0 Å². The van der Waals surface area contributed by atoms with Crippen molar-refractivity contribution < 1.29 is 9.53 Å². The van der Waals surface area contributed by atoms with Crippen LogP contribution in [0.5, 0.6) is 0 Å². The Labute approximate surface area is 118 Å². The van der Waals surface area contributed by atoms with Crippen LogP contribution < -0.4 is 5.73 Å². The van der Waals surface area contributed by atoms with Crippen LogP contribution in [0.25, 0.3) is 0 Å². The minimum atomic E-state index is -0.230. The van der Waals surface area contributed by atoms with Crippen LogP contribution in [-0.4, -0.2) is 35.0 Å². The van der Waals surface area contributed by atoms with Crippen molar-refractivity contribution in [1.29, 1.82) is 0 Å². The Morgan fingerprint density at radius 2 is 2.16 bits per heavy atom. The molecule has 0 radical (unpaired) electrons. The van der Waals surface area contributed by atoms with Gasteiger partial charge in [-0.15, -0.1) is 0 Å². The highest BCUT2D eigenvalue weighted by molar-refractivity contribution is 7.80. The monoisotopic (exact) mass is 278 g/mol. The Morgan fingerprint density at radius 3 is 2.84 bits per heavy atom. The summed E-state index contributed by atoms with van der Waals surface area (Å²) in [6.07, 6.45) is 1.95. The smallest absolute Gasteiger partial charge is 0.320 e. The van der Waals surface area contributed by atoms with Gasteiger partial charge < -0.3 is 10.5 Å². The van der Waals surface area contributed by atoms with Crippen molar-refractivity contribution in [2.24, 2.45) is 5.73 Å². The maximum absolute atomic E-state index is 11.8. The predicted octanol–water partition coefficient (Wildman–Crippen LogP) is 1.48. The lowest BCUT2D eigenvalue weighted by atomic mass is 10.2. The summed E-state index contributed by atoms with van der Waals surface area (Å²) < 4.78 is 5.25. The number of ether oxygens (including phenoxy) is 1. The minimum Gasteiger partial charge on any atom is -0.460 e. The summed E-state index contributed by atoms with van der Waals surface area (Å²) in [6, 6.07) is 9.68. The second kappa shape index (κ2) is 6.63. The number of likely N-dealkylation sites (tertiary alicyclic amines) is 1. The fourth-order valence-corrected chi connectivity index (χ4v) is 2.55. The van der Waals surface area contributed by atoms with E-state index in [1.54, 1.807) is 0 Å². The van der Waals surface area contributed by atoms with Crippen LogP contribution in [0, 0.1) is 0 Å². The number of nitrogens with two attached hydrogens (primary N) is 1. The van der Waals surface area contributed by atoms with Crippen molar-refractivity contribution in [2.75, 3.05) is 13.1 Å². The Bertz CT molecular complexity index is 450. The summed E-state index contributed by atoms with van der Waals surface area (Å²) in [5.41, 5.74) is 6.66. The SMILES string of the molecule is NC(=S)[C@@H]1CCCN1CC(=O)OCc1ccccc1. The van der Waals surface area contributed by atoms with Gasteiger partial charge in [0, 0.05) is 0 Å². The van der Waals surface area contributed by atoms with Gasteiger partial charge in [-0.1, -0.05) is 42.5 Å². The number of benzene rings is 1. The molecule has 1 fully saturated rings. The molecule has 1 aromatic carbocycles. The fourth-order valence-electron chi connectivity index (χ4n) is 2.29. The normalized spacial score (nSPS) is 19.3. The third-order valence-corrected chi connectivity index (χ3v) is 3.54. The molecular weight excluding hydrogens is 260 g/mol. The molecule has 1 aliphatic heterocycles. The number of nitrogens with zero attached hydrogens (tertiary/aromatic N) is 1. The van der Waals surface area contributed by atoms with E-state index in [1.165, 1.54) is 0 Å². The van der Waals surface area contributed by atoms with Crippen molar-refractivity contribution >= 4 is 23.2 Å². The van der Waals surface area contributed by atoms with Gasteiger partial charge in [0.05, 0.1) is 17.6 Å². The third-order valence-electron chi connectivity index (χ3n) is 3.27. The first-order chi connectivity index (χ1) is 9.16. The summed E-state index contributed by atoms with van der Waals surface area (Å²) in [7, 11) is 0. The van der Waals surface area contributed by atoms with Crippen LogP contribution in [0.15, 0.2) is 30.3 Å². The van der Waals surface area contributed by atoms with Gasteiger partial charge in [0.2, 0.25) is 0 Å². The largest absolute Gasteiger partial charge is 0.460 e. The zero-order valence-electron chi connectivity index (χ0n) is 10.7. The molecule has 1 aliphatic rings. The number of carbonyl (C=O) groups is 1. The molecule has 5 heteroatoms. The molecule has 0 spiro atoms. The van der Waals surface area contributed by atoms with E-state index >= 15 is 0 Å². The van der Waals surface area contributed by atoms with E-state index < -0.39 is 0 Å². The molecule has 1 aromatic rings. The van der Waals surface area contributed by atoms with Crippen LogP contribution in [0.3, 0.4) is 0 Å². The number of hydrogen-bond acceptors (Lipinski definition) is 4. The zero-order valence-corrected chi connectivity index (χ0v) is 11.6. The number of thiocarbonyl (C=S) groups is 1. The van der Waals surface area contributed by atoms with E-state index in [4.69, 9.17) is 22.7 Å². The molecular formula is C14H18N2O2S. The fraction of sp³-hybridized carbons (Fsp3) is 0.429. The summed E-state index contributed by atoms with van der Waals surface area (Å²) in [4.78, 5) is 14.3. The lowest BCUT2D eigenvalue weighted by molar-refractivity contribution is -0.146. The van der Waals surface area contributed by atoms with Crippen molar-refractivity contribution in [1.82, 2.24) is 4.90 Å². The van der Waals surface area contributed by atoms with Crippen molar-refractivity contribution in [2.45, 2.75) is 25.5 Å². The molecule has 0 bridgehead atoms. The van der Waals surface area contributed by atoms with Gasteiger partial charge in [-0.3, -0.25) is 9.69 Å². The molecule has 19 heavy (non-hydrogen) atoms. The number of rotatable bonds is 5. The van der Waals surface area contributed by atoms with E-state index in [0.29, 0.717) is 11.6 Å². The van der Waals surface area contributed by atoms with Crippen LogP contribution in [0.1, 0.15) is 18.4 Å². The van der Waals surface area contributed by atoms with Crippen LogP contribution in [-0.2, 0) is 16.1 Å². The molecule has 0 aromatic heterocycles. The molecule has 2 N–H and O–H groups in total. The number of hydrogen-bond donors (Lipinski definition) is 1. The first-order valence-electron chi connectivity index (χ1n) is 6.40. The highest BCUT2D eigenvalue weighted by Gasteiger charge is 2.28. The Kier molecular flexibility index (Phi) is 4.87. The number of carbonyl (C=O) groups excluding carboxylic acids is 1. The summed E-state index contributed by atoms with van der Waals surface area (Å²) in [6.45, 7) is 1.42. The predicted molar refractivity (Wildman–Crippen MR) is 77.6 cm³/mol. The van der Waals surface area contributed by atoms with Gasteiger partial charge >= 0.3 is 5.97 Å². The molecule has 1 heterocycles. The van der Waals surface area contributed by atoms with Crippen molar-refractivity contribution in [3.05, 3.63) is 35.9 Å². The second-order valence-corrected chi connectivity index (χ2v) is 5.15. The average Bonchev–Trinajstić information content (AvgIpc) is 2.86. The van der Waals surface area contributed by atoms with Gasteiger partial charge in [-0.25, -0.2) is 0 Å². The Morgan fingerprint density at radius 1 is 1.42 bits per heavy atom.